The first-order chi connectivity index (χ1) is 18.4. The van der Waals surface area contributed by atoms with Crippen LogP contribution >= 0.6 is 15.9 Å². The minimum Gasteiger partial charge on any atom is -0.494 e. The number of pyridine rings is 1. The number of methoxy groups -OCH3 is 1. The van der Waals surface area contributed by atoms with Crippen LogP contribution in [0.2, 0.25) is 0 Å². The van der Waals surface area contributed by atoms with E-state index in [1.54, 1.807) is 19.4 Å². The summed E-state index contributed by atoms with van der Waals surface area (Å²) >= 11 is 3.49. The number of hydrogen-bond donors (Lipinski definition) is 2. The Balaban J connectivity index is 1.70. The van der Waals surface area contributed by atoms with Gasteiger partial charge in [-0.2, -0.15) is 4.98 Å². The molecule has 39 heavy (non-hydrogen) atoms. The maximum atomic E-state index is 12.1. The Morgan fingerprint density at radius 3 is 2.62 bits per heavy atom. The number of benzene rings is 1. The van der Waals surface area contributed by atoms with Crippen LogP contribution in [-0.4, -0.2) is 73.6 Å². The van der Waals surface area contributed by atoms with E-state index in [0.29, 0.717) is 22.9 Å². The van der Waals surface area contributed by atoms with E-state index in [2.05, 4.69) is 56.5 Å². The van der Waals surface area contributed by atoms with E-state index in [9.17, 15) is 4.79 Å². The lowest BCUT2D eigenvalue weighted by molar-refractivity contribution is -0.112. The largest absolute Gasteiger partial charge is 0.494 e. The van der Waals surface area contributed by atoms with Crippen molar-refractivity contribution in [1.29, 1.82) is 0 Å². The van der Waals surface area contributed by atoms with Crippen molar-refractivity contribution >= 4 is 56.2 Å². The van der Waals surface area contributed by atoms with Gasteiger partial charge in [0.1, 0.15) is 16.2 Å². The SMILES string of the molecule is C=C(C(N)=O)c1cc(Nc2nccc(N3CC(C)(C)c4nc(Br)ccc43)n2)c(OC)cc1N(C)CCN(C)C. The Hall–Kier alpha value is -3.70. The lowest BCUT2D eigenvalue weighted by Crippen LogP contribution is -2.29. The lowest BCUT2D eigenvalue weighted by Gasteiger charge is -2.26. The summed E-state index contributed by atoms with van der Waals surface area (Å²) in [5, 5.41) is 3.27. The van der Waals surface area contributed by atoms with Gasteiger partial charge in [0.15, 0.2) is 0 Å². The Labute approximate surface area is 238 Å². The molecule has 1 aliphatic rings. The summed E-state index contributed by atoms with van der Waals surface area (Å²) in [7, 11) is 7.57. The minimum atomic E-state index is -0.595. The van der Waals surface area contributed by atoms with Crippen molar-refractivity contribution in [2.24, 2.45) is 5.73 Å². The number of nitrogens with zero attached hydrogens (tertiary/aromatic N) is 6. The lowest BCUT2D eigenvalue weighted by atomic mass is 9.91. The highest BCUT2D eigenvalue weighted by atomic mass is 79.9. The zero-order chi connectivity index (χ0) is 28.5. The number of likely N-dealkylation sites (N-methyl/N-ethyl adjacent to an activating group) is 2. The third kappa shape index (κ3) is 5.99. The van der Waals surface area contributed by atoms with Crippen LogP contribution in [0.15, 0.2) is 47.7 Å². The highest BCUT2D eigenvalue weighted by Crippen LogP contribution is 2.43. The van der Waals surface area contributed by atoms with Crippen LogP contribution < -0.4 is 25.6 Å². The van der Waals surface area contributed by atoms with Gasteiger partial charge < -0.3 is 30.5 Å². The first kappa shape index (κ1) is 28.3. The van der Waals surface area contributed by atoms with Gasteiger partial charge in [-0.3, -0.25) is 4.79 Å². The summed E-state index contributed by atoms with van der Waals surface area (Å²) < 4.78 is 6.52. The molecule has 0 radical (unpaired) electrons. The Morgan fingerprint density at radius 2 is 1.95 bits per heavy atom. The first-order valence-corrected chi connectivity index (χ1v) is 13.3. The summed E-state index contributed by atoms with van der Waals surface area (Å²) in [5.41, 5.74) is 9.69. The number of anilines is 5. The molecule has 1 aliphatic heterocycles. The summed E-state index contributed by atoms with van der Waals surface area (Å²) in [6.07, 6.45) is 1.71. The maximum Gasteiger partial charge on any atom is 0.248 e. The van der Waals surface area contributed by atoms with E-state index in [-0.39, 0.29) is 11.0 Å². The van der Waals surface area contributed by atoms with E-state index in [1.165, 1.54) is 0 Å². The average molecular weight is 596 g/mol. The smallest absolute Gasteiger partial charge is 0.248 e. The zero-order valence-electron chi connectivity index (χ0n) is 23.2. The fourth-order valence-electron chi connectivity index (χ4n) is 4.58. The fourth-order valence-corrected chi connectivity index (χ4v) is 4.89. The molecule has 0 bridgehead atoms. The molecule has 0 spiro atoms. The Kier molecular flexibility index (Phi) is 8.12. The number of fused-ring (bicyclic) bond motifs is 1. The second-order valence-corrected chi connectivity index (χ2v) is 11.3. The molecule has 1 aromatic carbocycles. The quantitative estimate of drug-likeness (QED) is 0.262. The summed E-state index contributed by atoms with van der Waals surface area (Å²) in [6, 6.07) is 9.53. The molecule has 4 rings (SSSR count). The van der Waals surface area contributed by atoms with Crippen molar-refractivity contribution in [1.82, 2.24) is 19.9 Å². The number of carbonyl (C=O) groups excluding carboxylic acids is 1. The summed E-state index contributed by atoms with van der Waals surface area (Å²) in [5.74, 6) is 1.09. The molecule has 0 aliphatic carbocycles. The molecule has 0 saturated carbocycles. The van der Waals surface area contributed by atoms with Crippen LogP contribution in [0.25, 0.3) is 5.57 Å². The van der Waals surface area contributed by atoms with Crippen molar-refractivity contribution in [3.63, 3.8) is 0 Å². The standard InChI is InChI=1S/C28H35BrN8O2/c1-17(26(30)38)18-14-19(22(39-7)15-21(18)36(6)13-12-35(4)5)32-27-31-11-10-24(34-27)37-16-28(2,3)25-20(37)8-9-23(29)33-25/h8-11,14-15H,1,12-13,16H2,2-7H3,(H2,30,38)(H,31,32,34). The van der Waals surface area contributed by atoms with Crippen molar-refractivity contribution in [2.75, 3.05) is 63.0 Å². The topological polar surface area (TPSA) is 113 Å². The van der Waals surface area contributed by atoms with Gasteiger partial charge in [0.25, 0.3) is 0 Å². The molecule has 206 valence electrons. The van der Waals surface area contributed by atoms with Crippen LogP contribution in [0.3, 0.4) is 0 Å². The molecule has 11 heteroatoms. The molecule has 0 saturated heterocycles. The predicted octanol–water partition coefficient (Wildman–Crippen LogP) is 4.31. The second kappa shape index (κ2) is 11.2. The number of primary amides is 1. The molecule has 2 aromatic heterocycles. The molecular formula is C28H35BrN8O2. The van der Waals surface area contributed by atoms with Crippen molar-refractivity contribution in [2.45, 2.75) is 19.3 Å². The molecule has 1 amide bonds. The van der Waals surface area contributed by atoms with Gasteiger partial charge in [-0.25, -0.2) is 9.97 Å². The number of nitrogens with one attached hydrogen (secondary N) is 1. The molecule has 3 aromatic rings. The van der Waals surface area contributed by atoms with E-state index in [1.807, 2.05) is 50.3 Å². The number of ether oxygens (including phenoxy) is 1. The van der Waals surface area contributed by atoms with Crippen molar-refractivity contribution in [3.8, 4) is 5.75 Å². The second-order valence-electron chi connectivity index (χ2n) is 10.5. The number of carbonyl (C=O) groups is 1. The van der Waals surface area contributed by atoms with Gasteiger partial charge >= 0.3 is 0 Å². The highest BCUT2D eigenvalue weighted by Gasteiger charge is 2.38. The van der Waals surface area contributed by atoms with Crippen molar-refractivity contribution in [3.05, 3.63) is 59.0 Å². The van der Waals surface area contributed by atoms with E-state index in [0.717, 1.165) is 47.1 Å². The van der Waals surface area contributed by atoms with Crippen LogP contribution in [0.4, 0.5) is 28.8 Å². The minimum absolute atomic E-state index is 0.153. The van der Waals surface area contributed by atoms with Gasteiger partial charge in [0, 0.05) is 61.2 Å². The number of aromatic nitrogens is 3. The van der Waals surface area contributed by atoms with Gasteiger partial charge in [-0.05, 0) is 54.3 Å². The Bertz CT molecular complexity index is 1410. The van der Waals surface area contributed by atoms with E-state index >= 15 is 0 Å². The maximum absolute atomic E-state index is 12.1. The molecule has 0 unspecified atom stereocenters. The number of rotatable bonds is 10. The summed E-state index contributed by atoms with van der Waals surface area (Å²) in [6.45, 7) is 10.6. The van der Waals surface area contributed by atoms with Gasteiger partial charge in [-0.15, -0.1) is 0 Å². The first-order valence-electron chi connectivity index (χ1n) is 12.5. The zero-order valence-corrected chi connectivity index (χ0v) is 24.8. The van der Waals surface area contributed by atoms with Gasteiger partial charge in [0.05, 0.1) is 24.2 Å². The number of halogens is 1. The summed E-state index contributed by atoms with van der Waals surface area (Å²) in [4.78, 5) is 32.4. The number of amides is 1. The molecule has 0 atom stereocenters. The van der Waals surface area contributed by atoms with Crippen LogP contribution in [0.5, 0.6) is 5.75 Å². The van der Waals surface area contributed by atoms with Crippen LogP contribution in [0, 0.1) is 0 Å². The van der Waals surface area contributed by atoms with Crippen LogP contribution in [0.1, 0.15) is 25.1 Å². The third-order valence-electron chi connectivity index (χ3n) is 6.72. The third-order valence-corrected chi connectivity index (χ3v) is 7.16. The van der Waals surface area contributed by atoms with Crippen molar-refractivity contribution < 1.29 is 9.53 Å². The molecule has 3 N–H and O–H groups in total. The number of hydrogen-bond acceptors (Lipinski definition) is 9. The molecular weight excluding hydrogens is 560 g/mol. The monoisotopic (exact) mass is 594 g/mol. The average Bonchev–Trinajstić information content (AvgIpc) is 3.16. The van der Waals surface area contributed by atoms with Gasteiger partial charge in [0.2, 0.25) is 11.9 Å². The predicted molar refractivity (Wildman–Crippen MR) is 160 cm³/mol. The molecule has 0 fully saturated rings. The molecule has 10 nitrogen and oxygen atoms in total. The van der Waals surface area contributed by atoms with E-state index in [4.69, 9.17) is 20.4 Å². The van der Waals surface area contributed by atoms with Crippen LogP contribution in [-0.2, 0) is 10.2 Å². The highest BCUT2D eigenvalue weighted by molar-refractivity contribution is 9.10. The van der Waals surface area contributed by atoms with Gasteiger partial charge in [-0.1, -0.05) is 20.4 Å². The fraction of sp³-hybridized carbons (Fsp3) is 0.357. The normalized spacial score (nSPS) is 13.8. The molecule has 3 heterocycles. The number of nitrogens with two attached hydrogens (primary N) is 1. The van der Waals surface area contributed by atoms with E-state index < -0.39 is 5.91 Å². The Morgan fingerprint density at radius 1 is 1.21 bits per heavy atom.